The maximum atomic E-state index is 12.0. The third-order valence-corrected chi connectivity index (χ3v) is 2.90. The molecule has 0 saturated heterocycles. The molecule has 1 aromatic heterocycles. The van der Waals surface area contributed by atoms with Crippen molar-refractivity contribution < 1.29 is 4.79 Å². The fourth-order valence-electron chi connectivity index (χ4n) is 1.66. The Morgan fingerprint density at radius 2 is 2.05 bits per heavy atom. The number of hydrogen-bond acceptors (Lipinski definition) is 4. The minimum absolute atomic E-state index is 0.0607. The fraction of sp³-hybridized carbons (Fsp3) is 0.600. The maximum absolute atomic E-state index is 12.0. The van der Waals surface area contributed by atoms with Gasteiger partial charge in [-0.1, -0.05) is 13.8 Å². The van der Waals surface area contributed by atoms with Gasteiger partial charge < -0.3 is 15.5 Å². The van der Waals surface area contributed by atoms with Gasteiger partial charge in [0, 0.05) is 32.0 Å². The number of aromatic nitrogens is 1. The van der Waals surface area contributed by atoms with Gasteiger partial charge in [-0.3, -0.25) is 9.78 Å². The van der Waals surface area contributed by atoms with E-state index < -0.39 is 0 Å². The minimum atomic E-state index is -0.0607. The fourth-order valence-corrected chi connectivity index (χ4v) is 1.66. The second kappa shape index (κ2) is 8.53. The first-order valence-corrected chi connectivity index (χ1v) is 7.11. The van der Waals surface area contributed by atoms with E-state index >= 15 is 0 Å². The highest BCUT2D eigenvalue weighted by Gasteiger charge is 2.06. The Labute approximate surface area is 121 Å². The zero-order valence-electron chi connectivity index (χ0n) is 12.9. The van der Waals surface area contributed by atoms with Crippen LogP contribution in [0.1, 0.15) is 30.6 Å². The topological polar surface area (TPSA) is 57.3 Å². The van der Waals surface area contributed by atoms with Crippen LogP contribution >= 0.6 is 0 Å². The molecule has 1 heterocycles. The van der Waals surface area contributed by atoms with Gasteiger partial charge in [0.05, 0.1) is 11.3 Å². The smallest absolute Gasteiger partial charge is 0.252 e. The lowest BCUT2D eigenvalue weighted by molar-refractivity contribution is 0.0951. The molecule has 1 rings (SSSR count). The molecule has 0 unspecified atom stereocenters. The number of pyridine rings is 1. The summed E-state index contributed by atoms with van der Waals surface area (Å²) in [5.41, 5.74) is 1.48. The van der Waals surface area contributed by atoms with Crippen LogP contribution in [0.3, 0.4) is 0 Å². The van der Waals surface area contributed by atoms with E-state index in [1.54, 1.807) is 12.4 Å². The predicted molar refractivity (Wildman–Crippen MR) is 83.1 cm³/mol. The van der Waals surface area contributed by atoms with Crippen LogP contribution in [-0.4, -0.2) is 49.5 Å². The van der Waals surface area contributed by atoms with Crippen molar-refractivity contribution in [3.63, 3.8) is 0 Å². The Hall–Kier alpha value is -1.62. The Bertz CT molecular complexity index is 418. The second-order valence-corrected chi connectivity index (χ2v) is 5.63. The summed E-state index contributed by atoms with van der Waals surface area (Å²) in [5.74, 6) is 0.530. The van der Waals surface area contributed by atoms with E-state index in [0.29, 0.717) is 18.0 Å². The van der Waals surface area contributed by atoms with Crippen LogP contribution < -0.4 is 10.6 Å². The van der Waals surface area contributed by atoms with Crippen LogP contribution in [0.5, 0.6) is 0 Å². The Morgan fingerprint density at radius 1 is 1.30 bits per heavy atom. The zero-order valence-corrected chi connectivity index (χ0v) is 12.9. The zero-order chi connectivity index (χ0) is 15.0. The summed E-state index contributed by atoms with van der Waals surface area (Å²) >= 11 is 0. The number of carbonyl (C=O) groups excluding carboxylic acids is 1. The summed E-state index contributed by atoms with van der Waals surface area (Å²) < 4.78 is 0. The highest BCUT2D eigenvalue weighted by Crippen LogP contribution is 2.08. The van der Waals surface area contributed by atoms with Crippen molar-refractivity contribution in [3.05, 3.63) is 24.0 Å². The molecule has 0 aliphatic heterocycles. The van der Waals surface area contributed by atoms with Crippen LogP contribution in [0.25, 0.3) is 0 Å². The van der Waals surface area contributed by atoms with Gasteiger partial charge in [-0.2, -0.15) is 0 Å². The lowest BCUT2D eigenvalue weighted by Gasteiger charge is -2.12. The van der Waals surface area contributed by atoms with Gasteiger partial charge in [0.1, 0.15) is 0 Å². The molecular weight excluding hydrogens is 252 g/mol. The molecule has 2 N–H and O–H groups in total. The Balaban J connectivity index is 2.47. The van der Waals surface area contributed by atoms with Crippen LogP contribution in [0.4, 0.5) is 5.69 Å². The second-order valence-electron chi connectivity index (χ2n) is 5.63. The molecular formula is C15H26N4O. The number of amides is 1. The lowest BCUT2D eigenvalue weighted by atomic mass is 10.1. The van der Waals surface area contributed by atoms with Crippen molar-refractivity contribution in [2.24, 2.45) is 5.92 Å². The average Bonchev–Trinajstić information content (AvgIpc) is 2.38. The van der Waals surface area contributed by atoms with E-state index in [2.05, 4.69) is 34.4 Å². The lowest BCUT2D eigenvalue weighted by Crippen LogP contribution is -2.25. The number of nitrogens with one attached hydrogen (secondary N) is 2. The molecule has 1 aromatic rings. The molecule has 112 valence electrons. The summed E-state index contributed by atoms with van der Waals surface area (Å²) in [6.07, 6.45) is 4.32. The SMILES string of the molecule is CC(C)CCNC(=O)c1cncc(NCCN(C)C)c1. The van der Waals surface area contributed by atoms with Crippen molar-refractivity contribution in [1.82, 2.24) is 15.2 Å². The van der Waals surface area contributed by atoms with Crippen molar-refractivity contribution in [1.29, 1.82) is 0 Å². The quantitative estimate of drug-likeness (QED) is 0.762. The number of likely N-dealkylation sites (N-methyl/N-ethyl adjacent to an activating group) is 1. The minimum Gasteiger partial charge on any atom is -0.382 e. The maximum Gasteiger partial charge on any atom is 0.252 e. The van der Waals surface area contributed by atoms with E-state index in [-0.39, 0.29) is 5.91 Å². The molecule has 0 bridgehead atoms. The highest BCUT2D eigenvalue weighted by atomic mass is 16.1. The molecule has 0 spiro atoms. The number of anilines is 1. The molecule has 0 aliphatic carbocycles. The number of nitrogens with zero attached hydrogens (tertiary/aromatic N) is 2. The summed E-state index contributed by atoms with van der Waals surface area (Å²) in [7, 11) is 4.05. The standard InChI is InChI=1S/C15H26N4O/c1-12(2)5-6-18-15(20)13-9-14(11-16-10-13)17-7-8-19(3)4/h9-12,17H,5-8H2,1-4H3,(H,18,20). The first-order valence-electron chi connectivity index (χ1n) is 7.11. The Kier molecular flexibility index (Phi) is 7.01. The van der Waals surface area contributed by atoms with Gasteiger partial charge in [0.25, 0.3) is 5.91 Å². The summed E-state index contributed by atoms with van der Waals surface area (Å²) in [6.45, 7) is 6.75. The van der Waals surface area contributed by atoms with Gasteiger partial charge >= 0.3 is 0 Å². The molecule has 0 fully saturated rings. The molecule has 0 aromatic carbocycles. The monoisotopic (exact) mass is 278 g/mol. The van der Waals surface area contributed by atoms with E-state index in [9.17, 15) is 4.79 Å². The van der Waals surface area contributed by atoms with Crippen molar-refractivity contribution in [3.8, 4) is 0 Å². The van der Waals surface area contributed by atoms with Gasteiger partial charge in [-0.15, -0.1) is 0 Å². The molecule has 1 amide bonds. The van der Waals surface area contributed by atoms with Crippen LogP contribution in [0, 0.1) is 5.92 Å². The van der Waals surface area contributed by atoms with Gasteiger partial charge in [-0.05, 0) is 32.5 Å². The Morgan fingerprint density at radius 3 is 2.70 bits per heavy atom. The molecule has 0 aliphatic rings. The summed E-state index contributed by atoms with van der Waals surface area (Å²) in [5, 5.41) is 6.18. The number of rotatable bonds is 8. The number of hydrogen-bond donors (Lipinski definition) is 2. The highest BCUT2D eigenvalue weighted by molar-refractivity contribution is 5.94. The van der Waals surface area contributed by atoms with Crippen LogP contribution in [-0.2, 0) is 0 Å². The van der Waals surface area contributed by atoms with Crippen molar-refractivity contribution in [2.45, 2.75) is 20.3 Å². The third-order valence-electron chi connectivity index (χ3n) is 2.90. The third kappa shape index (κ3) is 6.52. The van der Waals surface area contributed by atoms with E-state index in [0.717, 1.165) is 25.2 Å². The largest absolute Gasteiger partial charge is 0.382 e. The normalized spacial score (nSPS) is 10.9. The van der Waals surface area contributed by atoms with Crippen LogP contribution in [0.15, 0.2) is 18.5 Å². The molecule has 20 heavy (non-hydrogen) atoms. The van der Waals surface area contributed by atoms with E-state index in [1.165, 1.54) is 0 Å². The van der Waals surface area contributed by atoms with Crippen molar-refractivity contribution in [2.75, 3.05) is 39.0 Å². The van der Waals surface area contributed by atoms with E-state index in [1.807, 2.05) is 20.2 Å². The van der Waals surface area contributed by atoms with Gasteiger partial charge in [-0.25, -0.2) is 0 Å². The first-order chi connectivity index (χ1) is 9.49. The molecule has 0 atom stereocenters. The molecule has 5 heteroatoms. The first kappa shape index (κ1) is 16.4. The van der Waals surface area contributed by atoms with E-state index in [4.69, 9.17) is 0 Å². The summed E-state index contributed by atoms with van der Waals surface area (Å²) in [4.78, 5) is 18.2. The number of carbonyl (C=O) groups is 1. The van der Waals surface area contributed by atoms with Crippen LogP contribution in [0.2, 0.25) is 0 Å². The predicted octanol–water partition coefficient (Wildman–Crippen LogP) is 1.83. The van der Waals surface area contributed by atoms with Gasteiger partial charge in [0.15, 0.2) is 0 Å². The molecule has 0 radical (unpaired) electrons. The summed E-state index contributed by atoms with van der Waals surface area (Å²) in [6, 6.07) is 1.84. The van der Waals surface area contributed by atoms with Gasteiger partial charge in [0.2, 0.25) is 0 Å². The molecule has 0 saturated carbocycles. The van der Waals surface area contributed by atoms with Crippen molar-refractivity contribution >= 4 is 11.6 Å². The molecule has 5 nitrogen and oxygen atoms in total. The average molecular weight is 278 g/mol.